The van der Waals surface area contributed by atoms with Crippen molar-refractivity contribution >= 4 is 18.4 Å². The maximum Gasteiger partial charge on any atom is 0.303 e. The first-order chi connectivity index (χ1) is 13.4. The van der Waals surface area contributed by atoms with Crippen LogP contribution in [0.3, 0.4) is 0 Å². The van der Waals surface area contributed by atoms with Gasteiger partial charge in [0.25, 0.3) is 0 Å². The van der Waals surface area contributed by atoms with Gasteiger partial charge in [0.15, 0.2) is 0 Å². The van der Waals surface area contributed by atoms with E-state index in [1.54, 1.807) is 12.1 Å². The molecule has 1 aliphatic heterocycles. The Hall–Kier alpha value is -1.89. The van der Waals surface area contributed by atoms with E-state index in [0.29, 0.717) is 24.6 Å². The molecule has 0 bridgehead atoms. The Morgan fingerprint density at radius 2 is 1.97 bits per heavy atom. The maximum atomic E-state index is 13.3. The summed E-state index contributed by atoms with van der Waals surface area (Å²) < 4.78 is 24.1. The molecular weight excluding hydrogens is 397 g/mol. The molecule has 0 radical (unpaired) electrons. The predicted molar refractivity (Wildman–Crippen MR) is 108 cm³/mol. The second-order valence-corrected chi connectivity index (χ2v) is 8.03. The standard InChI is InChI=1S/C22H26FNO4.ClH/c1-15(25)27-14-20-9-8-19(28-20)12-24-11-16-3-2-10-22(26,21(16)13-24)17-4-6-18(23)7-5-17;/h4-9,16,21,26H,2-3,10-14H2,1H3;1H. The van der Waals surface area contributed by atoms with Crippen molar-refractivity contribution in [2.75, 3.05) is 13.1 Å². The van der Waals surface area contributed by atoms with Crippen molar-refractivity contribution in [3.8, 4) is 0 Å². The first-order valence-corrected chi connectivity index (χ1v) is 9.86. The summed E-state index contributed by atoms with van der Waals surface area (Å²) in [4.78, 5) is 13.2. The van der Waals surface area contributed by atoms with Crippen LogP contribution in [0, 0.1) is 17.7 Å². The Morgan fingerprint density at radius 1 is 1.24 bits per heavy atom. The summed E-state index contributed by atoms with van der Waals surface area (Å²) in [6.07, 6.45) is 2.78. The number of furan rings is 1. The third-order valence-electron chi connectivity index (χ3n) is 6.12. The van der Waals surface area contributed by atoms with Gasteiger partial charge in [-0.3, -0.25) is 9.69 Å². The SMILES string of the molecule is CC(=O)OCc1ccc(CN2CC3CCCC(O)(c4ccc(F)cc4)C3C2)o1.Cl. The molecule has 0 spiro atoms. The van der Waals surface area contributed by atoms with E-state index in [-0.39, 0.29) is 36.7 Å². The molecule has 4 rings (SSSR count). The molecule has 1 aliphatic carbocycles. The van der Waals surface area contributed by atoms with Crippen molar-refractivity contribution in [1.29, 1.82) is 0 Å². The number of nitrogens with zero attached hydrogens (tertiary/aromatic N) is 1. The van der Waals surface area contributed by atoms with E-state index in [9.17, 15) is 14.3 Å². The van der Waals surface area contributed by atoms with Gasteiger partial charge in [-0.2, -0.15) is 0 Å². The van der Waals surface area contributed by atoms with Crippen molar-refractivity contribution < 1.29 is 23.4 Å². The number of benzene rings is 1. The maximum absolute atomic E-state index is 13.3. The Morgan fingerprint density at radius 3 is 2.69 bits per heavy atom. The highest BCUT2D eigenvalue weighted by Crippen LogP contribution is 2.48. The van der Waals surface area contributed by atoms with Crippen molar-refractivity contribution in [2.45, 2.75) is 44.9 Å². The molecule has 2 aliphatic rings. The summed E-state index contributed by atoms with van der Waals surface area (Å²) in [7, 11) is 0. The molecule has 7 heteroatoms. The number of fused-ring (bicyclic) bond motifs is 1. The first-order valence-electron chi connectivity index (χ1n) is 9.86. The molecule has 1 N–H and O–H groups in total. The molecule has 29 heavy (non-hydrogen) atoms. The normalized spacial score (nSPS) is 26.6. The van der Waals surface area contributed by atoms with Crippen LogP contribution in [0.15, 0.2) is 40.8 Å². The topological polar surface area (TPSA) is 62.9 Å². The second kappa shape index (κ2) is 8.86. The molecule has 0 amide bonds. The second-order valence-electron chi connectivity index (χ2n) is 8.03. The Kier molecular flexibility index (Phi) is 6.66. The van der Waals surface area contributed by atoms with Gasteiger partial charge in [-0.1, -0.05) is 12.1 Å². The van der Waals surface area contributed by atoms with Gasteiger partial charge in [-0.05, 0) is 55.0 Å². The van der Waals surface area contributed by atoms with E-state index in [2.05, 4.69) is 4.90 Å². The van der Waals surface area contributed by atoms with Crippen LogP contribution in [-0.2, 0) is 28.3 Å². The van der Waals surface area contributed by atoms with Crippen LogP contribution in [0.1, 0.15) is 43.3 Å². The predicted octanol–water partition coefficient (Wildman–Crippen LogP) is 4.02. The number of carbonyl (C=O) groups excluding carboxylic acids is 1. The lowest BCUT2D eigenvalue weighted by molar-refractivity contribution is -0.142. The van der Waals surface area contributed by atoms with Crippen LogP contribution < -0.4 is 0 Å². The van der Waals surface area contributed by atoms with E-state index in [4.69, 9.17) is 9.15 Å². The number of halogens is 2. The number of hydrogen-bond acceptors (Lipinski definition) is 5. The molecule has 1 aromatic carbocycles. The summed E-state index contributed by atoms with van der Waals surface area (Å²) >= 11 is 0. The van der Waals surface area contributed by atoms with E-state index < -0.39 is 5.60 Å². The van der Waals surface area contributed by atoms with Gasteiger partial charge < -0.3 is 14.3 Å². The zero-order chi connectivity index (χ0) is 19.7. The third-order valence-corrected chi connectivity index (χ3v) is 6.12. The van der Waals surface area contributed by atoms with Crippen molar-refractivity contribution in [3.63, 3.8) is 0 Å². The van der Waals surface area contributed by atoms with Gasteiger partial charge in [0.1, 0.15) is 23.9 Å². The lowest BCUT2D eigenvalue weighted by Gasteiger charge is -2.41. The number of ether oxygens (including phenoxy) is 1. The molecule has 5 nitrogen and oxygen atoms in total. The number of esters is 1. The summed E-state index contributed by atoms with van der Waals surface area (Å²) in [6.45, 7) is 3.86. The van der Waals surface area contributed by atoms with Crippen LogP contribution >= 0.6 is 12.4 Å². The van der Waals surface area contributed by atoms with Gasteiger partial charge in [0.2, 0.25) is 0 Å². The van der Waals surface area contributed by atoms with Crippen LogP contribution in [0.4, 0.5) is 4.39 Å². The van der Waals surface area contributed by atoms with Crippen LogP contribution in [0.2, 0.25) is 0 Å². The average Bonchev–Trinajstić information content (AvgIpc) is 3.28. The lowest BCUT2D eigenvalue weighted by Crippen LogP contribution is -2.42. The molecular formula is C22H27ClFNO4. The van der Waals surface area contributed by atoms with Crippen molar-refractivity contribution in [3.05, 3.63) is 59.3 Å². The Balaban J connectivity index is 0.00000240. The molecule has 2 fully saturated rings. The summed E-state index contributed by atoms with van der Waals surface area (Å²) in [5.74, 6) is 1.38. The van der Waals surface area contributed by atoms with E-state index in [0.717, 1.165) is 37.3 Å². The van der Waals surface area contributed by atoms with Gasteiger partial charge in [-0.15, -0.1) is 12.4 Å². The molecule has 158 valence electrons. The van der Waals surface area contributed by atoms with E-state index >= 15 is 0 Å². The van der Waals surface area contributed by atoms with Gasteiger partial charge >= 0.3 is 5.97 Å². The molecule has 1 aromatic heterocycles. The minimum Gasteiger partial charge on any atom is -0.461 e. The fourth-order valence-electron chi connectivity index (χ4n) is 4.82. The number of hydrogen-bond donors (Lipinski definition) is 1. The molecule has 2 heterocycles. The molecule has 3 atom stereocenters. The average molecular weight is 424 g/mol. The highest BCUT2D eigenvalue weighted by Gasteiger charge is 2.49. The lowest BCUT2D eigenvalue weighted by atomic mass is 9.67. The largest absolute Gasteiger partial charge is 0.461 e. The minimum absolute atomic E-state index is 0. The van der Waals surface area contributed by atoms with E-state index in [1.807, 2.05) is 12.1 Å². The highest BCUT2D eigenvalue weighted by molar-refractivity contribution is 5.85. The molecule has 3 unspecified atom stereocenters. The number of carbonyl (C=O) groups is 1. The zero-order valence-electron chi connectivity index (χ0n) is 16.5. The van der Waals surface area contributed by atoms with Crippen molar-refractivity contribution in [2.24, 2.45) is 11.8 Å². The summed E-state index contributed by atoms with van der Waals surface area (Å²) in [6, 6.07) is 10.0. The monoisotopic (exact) mass is 423 g/mol. The summed E-state index contributed by atoms with van der Waals surface area (Å²) in [5, 5.41) is 11.5. The number of rotatable bonds is 5. The number of likely N-dealkylation sites (tertiary alicyclic amines) is 1. The van der Waals surface area contributed by atoms with Crippen LogP contribution in [0.5, 0.6) is 0 Å². The first kappa shape index (κ1) is 21.8. The molecule has 1 saturated carbocycles. The van der Waals surface area contributed by atoms with E-state index in [1.165, 1.54) is 19.1 Å². The molecule has 1 saturated heterocycles. The fourth-order valence-corrected chi connectivity index (χ4v) is 4.82. The van der Waals surface area contributed by atoms with Crippen LogP contribution in [-0.4, -0.2) is 29.1 Å². The zero-order valence-corrected chi connectivity index (χ0v) is 17.3. The van der Waals surface area contributed by atoms with Gasteiger partial charge in [-0.25, -0.2) is 4.39 Å². The van der Waals surface area contributed by atoms with Gasteiger partial charge in [0, 0.05) is 25.9 Å². The highest BCUT2D eigenvalue weighted by atomic mass is 35.5. The summed E-state index contributed by atoms with van der Waals surface area (Å²) in [5.41, 5.74) is -0.0956. The quantitative estimate of drug-likeness (QED) is 0.736. The Bertz CT molecular complexity index is 840. The minimum atomic E-state index is -0.908. The smallest absolute Gasteiger partial charge is 0.303 e. The molecule has 2 aromatic rings. The Labute approximate surface area is 176 Å². The van der Waals surface area contributed by atoms with Gasteiger partial charge in [0.05, 0.1) is 12.1 Å². The number of aliphatic hydroxyl groups is 1. The fraction of sp³-hybridized carbons (Fsp3) is 0.500. The van der Waals surface area contributed by atoms with Crippen LogP contribution in [0.25, 0.3) is 0 Å². The van der Waals surface area contributed by atoms with Crippen molar-refractivity contribution in [1.82, 2.24) is 4.90 Å². The third kappa shape index (κ3) is 4.65.